The predicted octanol–water partition coefficient (Wildman–Crippen LogP) is 4.71. The fourth-order valence-electron chi connectivity index (χ4n) is 4.18. The Morgan fingerprint density at radius 1 is 1.06 bits per heavy atom. The first-order chi connectivity index (χ1) is 15.9. The second-order valence-corrected chi connectivity index (χ2v) is 8.87. The normalized spacial score (nSPS) is 14.5. The molecule has 0 fully saturated rings. The van der Waals surface area contributed by atoms with Gasteiger partial charge in [0.2, 0.25) is 5.91 Å². The summed E-state index contributed by atoms with van der Waals surface area (Å²) in [7, 11) is 0. The molecule has 0 saturated carbocycles. The third kappa shape index (κ3) is 5.38. The molecule has 1 aromatic heterocycles. The fourth-order valence-corrected chi connectivity index (χ4v) is 4.18. The molecule has 0 radical (unpaired) electrons. The van der Waals surface area contributed by atoms with Gasteiger partial charge in [-0.2, -0.15) is 5.10 Å². The maximum Gasteiger partial charge on any atom is 0.225 e. The Kier molecular flexibility index (Phi) is 7.02. The molecule has 1 N–H and O–H groups in total. The molecule has 1 amide bonds. The van der Waals surface area contributed by atoms with Crippen molar-refractivity contribution in [1.29, 1.82) is 0 Å². The lowest BCUT2D eigenvalue weighted by Crippen LogP contribution is -2.35. The van der Waals surface area contributed by atoms with Crippen molar-refractivity contribution in [2.45, 2.75) is 53.1 Å². The van der Waals surface area contributed by atoms with Crippen molar-refractivity contribution < 1.29 is 14.3 Å². The standard InChI is InChI=1S/C27H33N3O3/c1-18(17-30-21(4)19(2)20(3)29-30)27(31)28-24(12-10-22-8-6-5-7-9-22)23-11-13-25-26(16-23)33-15-14-32-25/h5-9,11,13,16,18,24H,10,12,14-15,17H2,1-4H3,(H,28,31)/t18-,24-/m1/s1. The molecule has 2 heterocycles. The summed E-state index contributed by atoms with van der Waals surface area (Å²) in [5.74, 6) is 1.31. The summed E-state index contributed by atoms with van der Waals surface area (Å²) in [4.78, 5) is 13.2. The molecule has 4 rings (SSSR count). The van der Waals surface area contributed by atoms with E-state index in [0.717, 1.165) is 41.3 Å². The number of aryl methyl sites for hydroxylation is 2. The van der Waals surface area contributed by atoms with Crippen LogP contribution in [-0.4, -0.2) is 28.9 Å². The van der Waals surface area contributed by atoms with Crippen LogP contribution in [0.4, 0.5) is 0 Å². The van der Waals surface area contributed by atoms with Gasteiger partial charge in [0.05, 0.1) is 24.2 Å². The number of aromatic nitrogens is 2. The van der Waals surface area contributed by atoms with Gasteiger partial charge in [-0.25, -0.2) is 0 Å². The molecular formula is C27H33N3O3. The lowest BCUT2D eigenvalue weighted by atomic mass is 9.97. The molecule has 0 unspecified atom stereocenters. The van der Waals surface area contributed by atoms with Crippen LogP contribution < -0.4 is 14.8 Å². The van der Waals surface area contributed by atoms with Crippen molar-refractivity contribution in [3.8, 4) is 11.5 Å². The third-order valence-corrected chi connectivity index (χ3v) is 6.49. The van der Waals surface area contributed by atoms with Gasteiger partial charge in [-0.1, -0.05) is 43.3 Å². The van der Waals surface area contributed by atoms with Crippen LogP contribution in [0, 0.1) is 26.7 Å². The van der Waals surface area contributed by atoms with E-state index in [2.05, 4.69) is 36.4 Å². The minimum Gasteiger partial charge on any atom is -0.486 e. The van der Waals surface area contributed by atoms with Crippen LogP contribution in [0.5, 0.6) is 11.5 Å². The Morgan fingerprint density at radius 3 is 2.48 bits per heavy atom. The van der Waals surface area contributed by atoms with E-state index in [1.807, 2.05) is 54.9 Å². The van der Waals surface area contributed by atoms with Crippen LogP contribution in [0.2, 0.25) is 0 Å². The Hall–Kier alpha value is -3.28. The summed E-state index contributed by atoms with van der Waals surface area (Å²) < 4.78 is 13.4. The van der Waals surface area contributed by atoms with E-state index in [0.29, 0.717) is 19.8 Å². The minimum absolute atomic E-state index is 0.0214. The molecule has 0 spiro atoms. The van der Waals surface area contributed by atoms with Gasteiger partial charge in [0.1, 0.15) is 13.2 Å². The average molecular weight is 448 g/mol. The summed E-state index contributed by atoms with van der Waals surface area (Å²) in [5, 5.41) is 7.89. The highest BCUT2D eigenvalue weighted by Gasteiger charge is 2.23. The third-order valence-electron chi connectivity index (χ3n) is 6.49. The second-order valence-electron chi connectivity index (χ2n) is 8.87. The van der Waals surface area contributed by atoms with Gasteiger partial charge in [0.15, 0.2) is 11.5 Å². The molecule has 1 aliphatic rings. The highest BCUT2D eigenvalue weighted by atomic mass is 16.6. The van der Waals surface area contributed by atoms with Crippen molar-refractivity contribution in [2.24, 2.45) is 5.92 Å². The molecule has 6 nitrogen and oxygen atoms in total. The summed E-state index contributed by atoms with van der Waals surface area (Å²) in [6.45, 7) is 9.74. The molecule has 0 saturated heterocycles. The van der Waals surface area contributed by atoms with Gasteiger partial charge < -0.3 is 14.8 Å². The van der Waals surface area contributed by atoms with Gasteiger partial charge >= 0.3 is 0 Å². The number of hydrogen-bond donors (Lipinski definition) is 1. The highest BCUT2D eigenvalue weighted by molar-refractivity contribution is 5.78. The zero-order valence-corrected chi connectivity index (χ0v) is 19.9. The first-order valence-corrected chi connectivity index (χ1v) is 11.7. The van der Waals surface area contributed by atoms with Crippen LogP contribution >= 0.6 is 0 Å². The van der Waals surface area contributed by atoms with Gasteiger partial charge in [-0.05, 0) is 62.4 Å². The van der Waals surface area contributed by atoms with Crippen molar-refractivity contribution in [1.82, 2.24) is 15.1 Å². The lowest BCUT2D eigenvalue weighted by Gasteiger charge is -2.24. The predicted molar refractivity (Wildman–Crippen MR) is 129 cm³/mol. The number of nitrogens with zero attached hydrogens (tertiary/aromatic N) is 2. The molecule has 1 aliphatic heterocycles. The fraction of sp³-hybridized carbons (Fsp3) is 0.407. The smallest absolute Gasteiger partial charge is 0.225 e. The van der Waals surface area contributed by atoms with Gasteiger partial charge in [-0.15, -0.1) is 0 Å². The maximum atomic E-state index is 13.2. The number of carbonyl (C=O) groups is 1. The van der Waals surface area contributed by atoms with E-state index in [-0.39, 0.29) is 17.9 Å². The van der Waals surface area contributed by atoms with Crippen molar-refractivity contribution in [3.05, 3.63) is 76.6 Å². The zero-order chi connectivity index (χ0) is 23.4. The molecule has 2 atom stereocenters. The number of hydrogen-bond acceptors (Lipinski definition) is 4. The van der Waals surface area contributed by atoms with Crippen LogP contribution in [0.3, 0.4) is 0 Å². The first kappa shape index (κ1) is 22.9. The van der Waals surface area contributed by atoms with E-state index in [4.69, 9.17) is 9.47 Å². The van der Waals surface area contributed by atoms with Gasteiger partial charge in [-0.3, -0.25) is 9.48 Å². The monoisotopic (exact) mass is 447 g/mol. The Morgan fingerprint density at radius 2 is 1.79 bits per heavy atom. The lowest BCUT2D eigenvalue weighted by molar-refractivity contribution is -0.125. The molecule has 0 aliphatic carbocycles. The quantitative estimate of drug-likeness (QED) is 0.543. The van der Waals surface area contributed by atoms with E-state index in [1.165, 1.54) is 11.1 Å². The minimum atomic E-state index is -0.209. The molecule has 33 heavy (non-hydrogen) atoms. The molecule has 6 heteroatoms. The van der Waals surface area contributed by atoms with Crippen molar-refractivity contribution in [3.63, 3.8) is 0 Å². The van der Waals surface area contributed by atoms with E-state index < -0.39 is 0 Å². The van der Waals surface area contributed by atoms with Crippen molar-refractivity contribution in [2.75, 3.05) is 13.2 Å². The molecule has 0 bridgehead atoms. The number of carbonyl (C=O) groups excluding carboxylic acids is 1. The highest BCUT2D eigenvalue weighted by Crippen LogP contribution is 2.34. The number of ether oxygens (including phenoxy) is 2. The maximum absolute atomic E-state index is 13.2. The average Bonchev–Trinajstić information content (AvgIpc) is 3.08. The first-order valence-electron chi connectivity index (χ1n) is 11.7. The van der Waals surface area contributed by atoms with Crippen molar-refractivity contribution >= 4 is 5.91 Å². The summed E-state index contributed by atoms with van der Waals surface area (Å²) in [5.41, 5.74) is 5.58. The van der Waals surface area contributed by atoms with Crippen LogP contribution in [0.25, 0.3) is 0 Å². The number of amides is 1. The van der Waals surface area contributed by atoms with Crippen LogP contribution in [-0.2, 0) is 17.8 Å². The van der Waals surface area contributed by atoms with E-state index in [9.17, 15) is 4.79 Å². The summed E-state index contributed by atoms with van der Waals surface area (Å²) in [6, 6.07) is 16.2. The number of fused-ring (bicyclic) bond motifs is 1. The van der Waals surface area contributed by atoms with E-state index >= 15 is 0 Å². The topological polar surface area (TPSA) is 65.4 Å². The van der Waals surface area contributed by atoms with E-state index in [1.54, 1.807) is 0 Å². The molecule has 174 valence electrons. The summed E-state index contributed by atoms with van der Waals surface area (Å²) >= 11 is 0. The Bertz CT molecular complexity index is 1110. The zero-order valence-electron chi connectivity index (χ0n) is 19.9. The molecular weight excluding hydrogens is 414 g/mol. The molecule has 3 aromatic rings. The number of benzene rings is 2. The van der Waals surface area contributed by atoms with Crippen LogP contribution in [0.15, 0.2) is 48.5 Å². The van der Waals surface area contributed by atoms with Gasteiger partial charge in [0, 0.05) is 5.69 Å². The van der Waals surface area contributed by atoms with Gasteiger partial charge in [0.25, 0.3) is 0 Å². The summed E-state index contributed by atoms with van der Waals surface area (Å²) in [6.07, 6.45) is 1.66. The SMILES string of the molecule is Cc1nn(C[C@@H](C)C(=O)N[C@H](CCc2ccccc2)c2ccc3c(c2)OCCO3)c(C)c1C. The number of rotatable bonds is 8. The number of nitrogens with one attached hydrogen (secondary N) is 1. The molecule has 2 aromatic carbocycles. The Labute approximate surface area is 195 Å². The Balaban J connectivity index is 1.50. The largest absolute Gasteiger partial charge is 0.486 e. The second kappa shape index (κ2) is 10.1. The van der Waals surface area contributed by atoms with Crippen LogP contribution in [0.1, 0.15) is 47.5 Å².